The molecule has 0 aliphatic carbocycles. The maximum Gasteiger partial charge on any atom is 0.218 e. The molecular formula is C14H18N4O. The molecule has 0 bridgehead atoms. The fraction of sp³-hybridized carbons (Fsp3) is 0.286. The Morgan fingerprint density at radius 3 is 2.63 bits per heavy atom. The van der Waals surface area contributed by atoms with Gasteiger partial charge < -0.3 is 15.4 Å². The summed E-state index contributed by atoms with van der Waals surface area (Å²) in [6.45, 7) is 3.28. The van der Waals surface area contributed by atoms with E-state index >= 15 is 0 Å². The Morgan fingerprint density at radius 1 is 1.21 bits per heavy atom. The van der Waals surface area contributed by atoms with Crippen LogP contribution in [0.25, 0.3) is 0 Å². The van der Waals surface area contributed by atoms with Crippen molar-refractivity contribution >= 4 is 11.5 Å². The zero-order valence-electron chi connectivity index (χ0n) is 11.2. The van der Waals surface area contributed by atoms with Crippen LogP contribution in [-0.2, 0) is 6.54 Å². The van der Waals surface area contributed by atoms with Crippen LogP contribution in [0.5, 0.6) is 5.88 Å². The molecule has 5 nitrogen and oxygen atoms in total. The van der Waals surface area contributed by atoms with Crippen LogP contribution in [0.4, 0.5) is 11.5 Å². The highest BCUT2D eigenvalue weighted by Crippen LogP contribution is 2.17. The summed E-state index contributed by atoms with van der Waals surface area (Å²) in [4.78, 5) is 10.3. The topological polar surface area (TPSA) is 64.3 Å². The highest BCUT2D eigenvalue weighted by atomic mass is 16.5. The second kappa shape index (κ2) is 6.04. The maximum absolute atomic E-state index is 5.67. The summed E-state index contributed by atoms with van der Waals surface area (Å²) >= 11 is 0. The van der Waals surface area contributed by atoms with Crippen LogP contribution >= 0.6 is 0 Å². The normalized spacial score (nSPS) is 10.2. The standard InChI is InChI=1S/C14H18N4O/c1-3-19-14-8-13(16-10-17-14)18(2)9-11-4-6-12(15)7-5-11/h4-8,10H,3,9,15H2,1-2H3. The summed E-state index contributed by atoms with van der Waals surface area (Å²) in [6, 6.07) is 9.65. The Bertz CT molecular complexity index is 527. The molecule has 0 saturated heterocycles. The van der Waals surface area contributed by atoms with Crippen molar-refractivity contribution in [2.24, 2.45) is 0 Å². The minimum absolute atomic E-state index is 0.594. The van der Waals surface area contributed by atoms with Crippen molar-refractivity contribution in [3.63, 3.8) is 0 Å². The first-order chi connectivity index (χ1) is 9.19. The Morgan fingerprint density at radius 2 is 1.95 bits per heavy atom. The van der Waals surface area contributed by atoms with Crippen LogP contribution in [0.3, 0.4) is 0 Å². The van der Waals surface area contributed by atoms with Crippen molar-refractivity contribution in [3.8, 4) is 5.88 Å². The predicted molar refractivity (Wildman–Crippen MR) is 76.2 cm³/mol. The number of nitrogens with zero attached hydrogens (tertiary/aromatic N) is 3. The van der Waals surface area contributed by atoms with Gasteiger partial charge in [-0.25, -0.2) is 9.97 Å². The fourth-order valence-corrected chi connectivity index (χ4v) is 1.74. The second-order valence-corrected chi connectivity index (χ2v) is 4.25. The van der Waals surface area contributed by atoms with Crippen LogP contribution in [0.1, 0.15) is 12.5 Å². The minimum Gasteiger partial charge on any atom is -0.478 e. The van der Waals surface area contributed by atoms with Crippen LogP contribution < -0.4 is 15.4 Å². The van der Waals surface area contributed by atoms with Gasteiger partial charge in [-0.15, -0.1) is 0 Å². The van der Waals surface area contributed by atoms with Gasteiger partial charge in [0.2, 0.25) is 5.88 Å². The quantitative estimate of drug-likeness (QED) is 0.832. The van der Waals surface area contributed by atoms with Crippen LogP contribution in [-0.4, -0.2) is 23.6 Å². The first-order valence-corrected chi connectivity index (χ1v) is 6.19. The molecule has 5 heteroatoms. The van der Waals surface area contributed by atoms with Gasteiger partial charge in [0.15, 0.2) is 0 Å². The lowest BCUT2D eigenvalue weighted by molar-refractivity contribution is 0.326. The summed E-state index contributed by atoms with van der Waals surface area (Å²) in [7, 11) is 1.98. The molecule has 2 rings (SSSR count). The van der Waals surface area contributed by atoms with Gasteiger partial charge >= 0.3 is 0 Å². The molecule has 0 radical (unpaired) electrons. The van der Waals surface area contributed by atoms with E-state index in [0.717, 1.165) is 18.1 Å². The molecule has 0 amide bonds. The summed E-state index contributed by atoms with van der Waals surface area (Å²) in [6.07, 6.45) is 1.51. The largest absolute Gasteiger partial charge is 0.478 e. The minimum atomic E-state index is 0.594. The summed E-state index contributed by atoms with van der Waals surface area (Å²) in [5.74, 6) is 1.42. The molecular weight excluding hydrogens is 240 g/mol. The van der Waals surface area contributed by atoms with Crippen molar-refractivity contribution in [3.05, 3.63) is 42.2 Å². The molecule has 0 fully saturated rings. The number of rotatable bonds is 5. The van der Waals surface area contributed by atoms with Gasteiger partial charge in [-0.05, 0) is 24.6 Å². The molecule has 0 aliphatic rings. The zero-order chi connectivity index (χ0) is 13.7. The van der Waals surface area contributed by atoms with Crippen LogP contribution in [0.2, 0.25) is 0 Å². The Hall–Kier alpha value is -2.30. The van der Waals surface area contributed by atoms with Crippen molar-refractivity contribution in [2.75, 3.05) is 24.3 Å². The van der Waals surface area contributed by atoms with E-state index in [2.05, 4.69) is 9.97 Å². The lowest BCUT2D eigenvalue weighted by Gasteiger charge is -2.18. The van der Waals surface area contributed by atoms with Gasteiger partial charge in [0.05, 0.1) is 6.61 Å². The summed E-state index contributed by atoms with van der Waals surface area (Å²) in [5.41, 5.74) is 7.62. The molecule has 1 heterocycles. The van der Waals surface area contributed by atoms with Gasteiger partial charge in [0.25, 0.3) is 0 Å². The van der Waals surface area contributed by atoms with E-state index in [1.54, 1.807) is 0 Å². The molecule has 0 spiro atoms. The van der Waals surface area contributed by atoms with Gasteiger partial charge in [-0.2, -0.15) is 0 Å². The number of hydrogen-bond acceptors (Lipinski definition) is 5. The third kappa shape index (κ3) is 3.58. The average molecular weight is 258 g/mol. The highest BCUT2D eigenvalue weighted by molar-refractivity contribution is 5.43. The van der Waals surface area contributed by atoms with E-state index < -0.39 is 0 Å². The van der Waals surface area contributed by atoms with Gasteiger partial charge in [-0.3, -0.25) is 0 Å². The molecule has 0 aliphatic heterocycles. The molecule has 2 aromatic rings. The van der Waals surface area contributed by atoms with Gasteiger partial charge in [0, 0.05) is 25.3 Å². The highest BCUT2D eigenvalue weighted by Gasteiger charge is 2.05. The van der Waals surface area contributed by atoms with Gasteiger partial charge in [0.1, 0.15) is 12.1 Å². The smallest absolute Gasteiger partial charge is 0.218 e. The number of hydrogen-bond donors (Lipinski definition) is 1. The molecule has 1 aromatic carbocycles. The molecule has 19 heavy (non-hydrogen) atoms. The molecule has 0 saturated carbocycles. The van der Waals surface area contributed by atoms with Crippen LogP contribution in [0, 0.1) is 0 Å². The maximum atomic E-state index is 5.67. The van der Waals surface area contributed by atoms with E-state index in [1.165, 1.54) is 11.9 Å². The van der Waals surface area contributed by atoms with E-state index in [4.69, 9.17) is 10.5 Å². The summed E-state index contributed by atoms with van der Waals surface area (Å²) in [5, 5.41) is 0. The Balaban J connectivity index is 2.08. The monoisotopic (exact) mass is 258 g/mol. The van der Waals surface area contributed by atoms with E-state index in [9.17, 15) is 0 Å². The fourth-order valence-electron chi connectivity index (χ4n) is 1.74. The summed E-state index contributed by atoms with van der Waals surface area (Å²) < 4.78 is 5.37. The SMILES string of the molecule is CCOc1cc(N(C)Cc2ccc(N)cc2)ncn1. The first-order valence-electron chi connectivity index (χ1n) is 6.19. The lowest BCUT2D eigenvalue weighted by atomic mass is 10.2. The molecule has 100 valence electrons. The predicted octanol–water partition coefficient (Wildman–Crippen LogP) is 2.09. The second-order valence-electron chi connectivity index (χ2n) is 4.25. The average Bonchev–Trinajstić information content (AvgIpc) is 2.42. The first kappa shape index (κ1) is 13.1. The zero-order valence-corrected chi connectivity index (χ0v) is 11.2. The molecule has 2 N–H and O–H groups in total. The van der Waals surface area contributed by atoms with E-state index in [-0.39, 0.29) is 0 Å². The number of nitrogen functional groups attached to an aromatic ring is 1. The van der Waals surface area contributed by atoms with Crippen molar-refractivity contribution in [1.29, 1.82) is 0 Å². The number of nitrogens with two attached hydrogens (primary N) is 1. The van der Waals surface area contributed by atoms with Gasteiger partial charge in [-0.1, -0.05) is 12.1 Å². The Labute approximate surface area is 113 Å². The molecule has 0 unspecified atom stereocenters. The molecule has 0 atom stereocenters. The van der Waals surface area contributed by atoms with Crippen molar-refractivity contribution < 1.29 is 4.74 Å². The lowest BCUT2D eigenvalue weighted by Crippen LogP contribution is -2.17. The number of aromatic nitrogens is 2. The number of ether oxygens (including phenoxy) is 1. The van der Waals surface area contributed by atoms with Crippen LogP contribution in [0.15, 0.2) is 36.7 Å². The number of benzene rings is 1. The third-order valence-electron chi connectivity index (χ3n) is 2.71. The third-order valence-corrected chi connectivity index (χ3v) is 2.71. The number of anilines is 2. The Kier molecular flexibility index (Phi) is 4.18. The van der Waals surface area contributed by atoms with E-state index in [1.807, 2.05) is 49.2 Å². The molecule has 1 aromatic heterocycles. The van der Waals surface area contributed by atoms with E-state index in [0.29, 0.717) is 12.5 Å². The van der Waals surface area contributed by atoms with Crippen molar-refractivity contribution in [1.82, 2.24) is 9.97 Å². The van der Waals surface area contributed by atoms with Crippen molar-refractivity contribution in [2.45, 2.75) is 13.5 Å².